The molecule has 0 radical (unpaired) electrons. The minimum Gasteiger partial charge on any atom is -0.467 e. The van der Waals surface area contributed by atoms with Crippen LogP contribution in [0.3, 0.4) is 0 Å². The van der Waals surface area contributed by atoms with E-state index >= 15 is 0 Å². The highest BCUT2D eigenvalue weighted by Crippen LogP contribution is 2.36. The van der Waals surface area contributed by atoms with E-state index in [4.69, 9.17) is 5.73 Å². The number of alkyl halides is 3. The summed E-state index contributed by atoms with van der Waals surface area (Å²) < 4.78 is 45.3. The van der Waals surface area contributed by atoms with Gasteiger partial charge in [-0.3, -0.25) is 4.79 Å². The number of esters is 1. The molecule has 0 fully saturated rings. The van der Waals surface area contributed by atoms with Crippen LogP contribution in [-0.2, 0) is 15.7 Å². The molecule has 144 valence electrons. The molecular weight excluding hydrogens is 361 g/mol. The summed E-state index contributed by atoms with van der Waals surface area (Å²) >= 11 is 0. The molecule has 0 spiro atoms. The fraction of sp³-hybridized carbons (Fsp3) is 0.263. The second-order valence-corrected chi connectivity index (χ2v) is 6.00. The lowest BCUT2D eigenvalue weighted by atomic mass is 9.97. The number of ether oxygens (including phenoxy) is 1. The molecule has 5 nitrogen and oxygen atoms in total. The topological polar surface area (TPSA) is 72.6 Å². The molecule has 2 N–H and O–H groups in total. The lowest BCUT2D eigenvalue weighted by Gasteiger charge is -2.24. The third-order valence-electron chi connectivity index (χ3n) is 4.22. The largest absolute Gasteiger partial charge is 0.467 e. The van der Waals surface area contributed by atoms with E-state index in [1.165, 1.54) is 20.0 Å². The second kappa shape index (κ2) is 7.69. The van der Waals surface area contributed by atoms with Gasteiger partial charge in [-0.2, -0.15) is 13.2 Å². The number of likely N-dealkylation sites (N-methyl/N-ethyl adjacent to an activating group) is 1. The number of carbonyl (C=O) groups excluding carboxylic acids is 2. The maximum absolute atomic E-state index is 13.6. The normalized spacial score (nSPS) is 12.4. The Morgan fingerprint density at radius 2 is 1.74 bits per heavy atom. The average molecular weight is 380 g/mol. The Labute approximate surface area is 154 Å². The number of nitrogen functional groups attached to an aromatic ring is 1. The first-order valence-corrected chi connectivity index (χ1v) is 7.98. The van der Waals surface area contributed by atoms with Crippen molar-refractivity contribution in [3.63, 3.8) is 0 Å². The molecule has 27 heavy (non-hydrogen) atoms. The number of anilines is 1. The lowest BCUT2D eigenvalue weighted by molar-refractivity contribution is -0.144. The Hall–Kier alpha value is -3.03. The molecule has 2 rings (SSSR count). The maximum atomic E-state index is 13.6. The fourth-order valence-corrected chi connectivity index (χ4v) is 2.56. The van der Waals surface area contributed by atoms with Crippen LogP contribution in [0.5, 0.6) is 0 Å². The van der Waals surface area contributed by atoms with Crippen molar-refractivity contribution in [2.24, 2.45) is 0 Å². The molecular formula is C19H19F3N2O3. The van der Waals surface area contributed by atoms with E-state index in [1.54, 1.807) is 24.3 Å². The van der Waals surface area contributed by atoms with E-state index in [9.17, 15) is 22.8 Å². The summed E-state index contributed by atoms with van der Waals surface area (Å²) in [6.07, 6.45) is -4.75. The standard InChI is InChI=1S/C19H19F3N2O3/c1-11(18(26)27-3)24(2)17(25)15-8-7-13(10-16(15)19(20,21)22)12-5-4-6-14(23)9-12/h4-11H,23H2,1-3H3/t11-/m0/s1. The van der Waals surface area contributed by atoms with Gasteiger partial charge in [-0.1, -0.05) is 18.2 Å². The summed E-state index contributed by atoms with van der Waals surface area (Å²) in [5.74, 6) is -1.66. The molecule has 0 aromatic heterocycles. The van der Waals surface area contributed by atoms with Crippen LogP contribution < -0.4 is 5.73 Å². The molecule has 2 aromatic rings. The number of amides is 1. The number of rotatable bonds is 4. The number of halogens is 3. The predicted octanol–water partition coefficient (Wildman–Crippen LogP) is 3.59. The Morgan fingerprint density at radius 1 is 1.11 bits per heavy atom. The van der Waals surface area contributed by atoms with Crippen LogP contribution in [0.1, 0.15) is 22.8 Å². The monoisotopic (exact) mass is 380 g/mol. The van der Waals surface area contributed by atoms with Crippen molar-refractivity contribution >= 4 is 17.6 Å². The number of nitrogens with two attached hydrogens (primary N) is 1. The minimum absolute atomic E-state index is 0.273. The smallest absolute Gasteiger partial charge is 0.417 e. The quantitative estimate of drug-likeness (QED) is 0.650. The fourth-order valence-electron chi connectivity index (χ4n) is 2.56. The van der Waals surface area contributed by atoms with Crippen molar-refractivity contribution in [2.75, 3.05) is 19.9 Å². The van der Waals surface area contributed by atoms with E-state index in [-0.39, 0.29) is 5.56 Å². The Morgan fingerprint density at radius 3 is 2.30 bits per heavy atom. The SMILES string of the molecule is COC(=O)[C@H](C)N(C)C(=O)c1ccc(-c2cccc(N)c2)cc1C(F)(F)F. The molecule has 2 aromatic carbocycles. The maximum Gasteiger partial charge on any atom is 0.417 e. The Bertz CT molecular complexity index is 866. The van der Waals surface area contributed by atoms with Gasteiger partial charge in [0.2, 0.25) is 0 Å². The van der Waals surface area contributed by atoms with Crippen LogP contribution in [0.15, 0.2) is 42.5 Å². The molecule has 0 heterocycles. The number of hydrogen-bond acceptors (Lipinski definition) is 4. The number of benzene rings is 2. The van der Waals surface area contributed by atoms with E-state index < -0.39 is 35.2 Å². The highest BCUT2D eigenvalue weighted by molar-refractivity contribution is 5.98. The van der Waals surface area contributed by atoms with Crippen molar-refractivity contribution in [2.45, 2.75) is 19.1 Å². The lowest BCUT2D eigenvalue weighted by Crippen LogP contribution is -2.41. The highest BCUT2D eigenvalue weighted by atomic mass is 19.4. The highest BCUT2D eigenvalue weighted by Gasteiger charge is 2.37. The number of nitrogens with zero attached hydrogens (tertiary/aromatic N) is 1. The van der Waals surface area contributed by atoms with Crippen molar-refractivity contribution in [1.29, 1.82) is 0 Å². The summed E-state index contributed by atoms with van der Waals surface area (Å²) in [4.78, 5) is 25.1. The Kier molecular flexibility index (Phi) is 5.78. The summed E-state index contributed by atoms with van der Waals surface area (Å²) in [5.41, 5.74) is 5.23. The molecule has 1 atom stereocenters. The second-order valence-electron chi connectivity index (χ2n) is 6.00. The predicted molar refractivity (Wildman–Crippen MR) is 94.9 cm³/mol. The van der Waals surface area contributed by atoms with Crippen LogP contribution in [0.2, 0.25) is 0 Å². The molecule has 0 bridgehead atoms. The molecule has 0 saturated carbocycles. The van der Waals surface area contributed by atoms with Gasteiger partial charge in [0.1, 0.15) is 6.04 Å². The van der Waals surface area contributed by atoms with Crippen LogP contribution in [0.4, 0.5) is 18.9 Å². The van der Waals surface area contributed by atoms with E-state index in [0.717, 1.165) is 24.1 Å². The first-order valence-electron chi connectivity index (χ1n) is 7.98. The van der Waals surface area contributed by atoms with E-state index in [0.29, 0.717) is 11.3 Å². The van der Waals surface area contributed by atoms with Gasteiger partial charge < -0.3 is 15.4 Å². The van der Waals surface area contributed by atoms with Crippen molar-refractivity contribution in [3.05, 3.63) is 53.6 Å². The summed E-state index contributed by atoms with van der Waals surface area (Å²) in [6.45, 7) is 1.37. The number of carbonyl (C=O) groups is 2. The first kappa shape index (κ1) is 20.3. The van der Waals surface area contributed by atoms with Gasteiger partial charge in [-0.05, 0) is 42.3 Å². The summed E-state index contributed by atoms with van der Waals surface area (Å²) in [6, 6.07) is 8.80. The van der Waals surface area contributed by atoms with Gasteiger partial charge in [-0.25, -0.2) is 4.79 Å². The van der Waals surface area contributed by atoms with Gasteiger partial charge in [0.25, 0.3) is 5.91 Å². The molecule has 0 aliphatic carbocycles. The minimum atomic E-state index is -4.75. The Balaban J connectivity index is 2.51. The van der Waals surface area contributed by atoms with Crippen molar-refractivity contribution in [3.8, 4) is 11.1 Å². The average Bonchev–Trinajstić information content (AvgIpc) is 2.64. The van der Waals surface area contributed by atoms with Crippen molar-refractivity contribution in [1.82, 2.24) is 4.90 Å². The van der Waals surface area contributed by atoms with Crippen LogP contribution in [0, 0.1) is 0 Å². The van der Waals surface area contributed by atoms with E-state index in [1.807, 2.05) is 0 Å². The zero-order valence-electron chi connectivity index (χ0n) is 15.0. The number of hydrogen-bond donors (Lipinski definition) is 1. The summed E-state index contributed by atoms with van der Waals surface area (Å²) in [5, 5.41) is 0. The van der Waals surface area contributed by atoms with Gasteiger partial charge >= 0.3 is 12.1 Å². The zero-order chi connectivity index (χ0) is 20.4. The molecule has 8 heteroatoms. The first-order chi connectivity index (χ1) is 12.6. The van der Waals surface area contributed by atoms with Gasteiger partial charge in [0.05, 0.1) is 18.2 Å². The zero-order valence-corrected chi connectivity index (χ0v) is 15.0. The van der Waals surface area contributed by atoms with Crippen LogP contribution in [0.25, 0.3) is 11.1 Å². The van der Waals surface area contributed by atoms with Crippen molar-refractivity contribution < 1.29 is 27.5 Å². The third-order valence-corrected chi connectivity index (χ3v) is 4.22. The van der Waals surface area contributed by atoms with Gasteiger partial charge in [0, 0.05) is 12.7 Å². The molecule has 0 aliphatic heterocycles. The molecule has 0 aliphatic rings. The van der Waals surface area contributed by atoms with Gasteiger partial charge in [-0.15, -0.1) is 0 Å². The molecule has 0 unspecified atom stereocenters. The van der Waals surface area contributed by atoms with Crippen LogP contribution >= 0.6 is 0 Å². The third kappa shape index (κ3) is 4.39. The van der Waals surface area contributed by atoms with Crippen LogP contribution in [-0.4, -0.2) is 37.0 Å². The molecule has 1 amide bonds. The van der Waals surface area contributed by atoms with Gasteiger partial charge in [0.15, 0.2) is 0 Å². The summed E-state index contributed by atoms with van der Waals surface area (Å²) in [7, 11) is 2.38. The molecule has 0 saturated heterocycles. The number of methoxy groups -OCH3 is 1. The van der Waals surface area contributed by atoms with E-state index in [2.05, 4.69) is 4.74 Å².